The summed E-state index contributed by atoms with van der Waals surface area (Å²) in [5, 5.41) is 0. The lowest BCUT2D eigenvalue weighted by Crippen LogP contribution is -2.21. The van der Waals surface area contributed by atoms with E-state index in [1.807, 2.05) is 0 Å². The molecular formula is C14H21N. The summed E-state index contributed by atoms with van der Waals surface area (Å²) in [6, 6.07) is 6.74. The number of aryl methyl sites for hydroxylation is 3. The first kappa shape index (κ1) is 10.7. The number of hydrogen-bond acceptors (Lipinski definition) is 1. The molecule has 0 unspecified atom stereocenters. The molecule has 0 aromatic heterocycles. The third-order valence-electron chi connectivity index (χ3n) is 3.51. The van der Waals surface area contributed by atoms with Crippen molar-refractivity contribution in [2.45, 2.75) is 51.5 Å². The molecule has 1 heteroatoms. The number of hydrogen-bond donors (Lipinski definition) is 1. The van der Waals surface area contributed by atoms with Crippen molar-refractivity contribution in [3.05, 3.63) is 34.9 Å². The van der Waals surface area contributed by atoms with Gasteiger partial charge in [-0.15, -0.1) is 0 Å². The van der Waals surface area contributed by atoms with Gasteiger partial charge in [0.05, 0.1) is 0 Å². The molecule has 1 aliphatic carbocycles. The van der Waals surface area contributed by atoms with Gasteiger partial charge in [0, 0.05) is 5.54 Å². The van der Waals surface area contributed by atoms with E-state index in [1.165, 1.54) is 48.8 Å². The molecule has 1 aromatic carbocycles. The van der Waals surface area contributed by atoms with Gasteiger partial charge in [0.1, 0.15) is 0 Å². The van der Waals surface area contributed by atoms with E-state index >= 15 is 0 Å². The molecule has 2 N–H and O–H groups in total. The average Bonchev–Trinajstić information content (AvgIpc) is 2.88. The van der Waals surface area contributed by atoms with Gasteiger partial charge in [-0.05, 0) is 57.1 Å². The molecule has 2 rings (SSSR count). The van der Waals surface area contributed by atoms with Crippen LogP contribution in [-0.2, 0) is 6.42 Å². The highest BCUT2D eigenvalue weighted by Gasteiger charge is 2.36. The minimum Gasteiger partial charge on any atom is -0.325 e. The topological polar surface area (TPSA) is 26.0 Å². The number of nitrogens with two attached hydrogens (primary N) is 1. The zero-order chi connectivity index (χ0) is 10.9. The summed E-state index contributed by atoms with van der Waals surface area (Å²) in [5.41, 5.74) is 10.6. The van der Waals surface area contributed by atoms with E-state index in [4.69, 9.17) is 5.73 Å². The minimum absolute atomic E-state index is 0.221. The lowest BCUT2D eigenvalue weighted by Gasteiger charge is -2.10. The highest BCUT2D eigenvalue weighted by Crippen LogP contribution is 2.36. The van der Waals surface area contributed by atoms with Crippen LogP contribution in [0.2, 0.25) is 0 Å². The first-order valence-corrected chi connectivity index (χ1v) is 5.94. The Hall–Kier alpha value is -0.820. The molecule has 0 aliphatic heterocycles. The van der Waals surface area contributed by atoms with Crippen LogP contribution in [0, 0.1) is 13.8 Å². The van der Waals surface area contributed by atoms with E-state index in [9.17, 15) is 0 Å². The molecular weight excluding hydrogens is 182 g/mol. The Morgan fingerprint density at radius 1 is 1.27 bits per heavy atom. The molecule has 1 nitrogen and oxygen atoms in total. The quantitative estimate of drug-likeness (QED) is 0.799. The molecule has 1 saturated carbocycles. The highest BCUT2D eigenvalue weighted by atomic mass is 14.8. The van der Waals surface area contributed by atoms with E-state index in [2.05, 4.69) is 32.0 Å². The van der Waals surface area contributed by atoms with Crippen LogP contribution in [0.3, 0.4) is 0 Å². The van der Waals surface area contributed by atoms with Crippen molar-refractivity contribution >= 4 is 0 Å². The van der Waals surface area contributed by atoms with Crippen LogP contribution < -0.4 is 5.73 Å². The summed E-state index contributed by atoms with van der Waals surface area (Å²) in [6.07, 6.45) is 6.09. The van der Waals surface area contributed by atoms with Gasteiger partial charge < -0.3 is 5.73 Å². The maximum Gasteiger partial charge on any atom is 0.0155 e. The molecule has 0 spiro atoms. The third-order valence-corrected chi connectivity index (χ3v) is 3.51. The molecule has 82 valence electrons. The Morgan fingerprint density at radius 3 is 2.60 bits per heavy atom. The fourth-order valence-corrected chi connectivity index (χ4v) is 2.17. The Labute approximate surface area is 92.7 Å². The minimum atomic E-state index is 0.221. The fraction of sp³-hybridized carbons (Fsp3) is 0.571. The maximum absolute atomic E-state index is 6.07. The van der Waals surface area contributed by atoms with Gasteiger partial charge in [-0.1, -0.05) is 23.8 Å². The zero-order valence-corrected chi connectivity index (χ0v) is 9.84. The van der Waals surface area contributed by atoms with Gasteiger partial charge in [0.2, 0.25) is 0 Å². The Bertz CT molecular complexity index is 350. The second-order valence-corrected chi connectivity index (χ2v) is 5.15. The second-order valence-electron chi connectivity index (χ2n) is 5.15. The molecule has 0 radical (unpaired) electrons. The Balaban J connectivity index is 1.87. The van der Waals surface area contributed by atoms with Gasteiger partial charge in [-0.25, -0.2) is 0 Å². The van der Waals surface area contributed by atoms with E-state index in [-0.39, 0.29) is 5.54 Å². The molecule has 1 aromatic rings. The lowest BCUT2D eigenvalue weighted by molar-refractivity contribution is 0.575. The fourth-order valence-electron chi connectivity index (χ4n) is 2.17. The van der Waals surface area contributed by atoms with Crippen molar-refractivity contribution in [1.29, 1.82) is 0 Å². The Morgan fingerprint density at radius 2 is 2.00 bits per heavy atom. The normalized spacial score (nSPS) is 17.8. The number of rotatable bonds is 4. The Kier molecular flexibility index (Phi) is 2.83. The van der Waals surface area contributed by atoms with Gasteiger partial charge in [-0.3, -0.25) is 0 Å². The van der Waals surface area contributed by atoms with Crippen molar-refractivity contribution in [3.8, 4) is 0 Å². The van der Waals surface area contributed by atoms with E-state index < -0.39 is 0 Å². The first-order chi connectivity index (χ1) is 7.09. The largest absolute Gasteiger partial charge is 0.325 e. The average molecular weight is 203 g/mol. The van der Waals surface area contributed by atoms with Gasteiger partial charge >= 0.3 is 0 Å². The summed E-state index contributed by atoms with van der Waals surface area (Å²) in [7, 11) is 0. The second kappa shape index (κ2) is 3.97. The SMILES string of the molecule is Cc1ccc(CCCC2(N)CC2)c(C)c1. The molecule has 0 atom stereocenters. The smallest absolute Gasteiger partial charge is 0.0155 e. The van der Waals surface area contributed by atoms with Crippen LogP contribution >= 0.6 is 0 Å². The highest BCUT2D eigenvalue weighted by molar-refractivity contribution is 5.30. The predicted molar refractivity (Wildman–Crippen MR) is 65.0 cm³/mol. The molecule has 0 saturated heterocycles. The van der Waals surface area contributed by atoms with Crippen LogP contribution in [0.4, 0.5) is 0 Å². The van der Waals surface area contributed by atoms with Crippen LogP contribution in [0.15, 0.2) is 18.2 Å². The molecule has 0 amide bonds. The zero-order valence-electron chi connectivity index (χ0n) is 9.84. The van der Waals surface area contributed by atoms with Crippen molar-refractivity contribution < 1.29 is 0 Å². The standard InChI is InChI=1S/C14H21N/c1-11-5-6-13(12(2)10-11)4-3-7-14(15)8-9-14/h5-6,10H,3-4,7-9,15H2,1-2H3. The van der Waals surface area contributed by atoms with Crippen LogP contribution in [-0.4, -0.2) is 5.54 Å². The van der Waals surface area contributed by atoms with Crippen molar-refractivity contribution in [2.75, 3.05) is 0 Å². The van der Waals surface area contributed by atoms with Crippen LogP contribution in [0.1, 0.15) is 42.4 Å². The predicted octanol–water partition coefficient (Wildman–Crippen LogP) is 3.12. The molecule has 1 fully saturated rings. The molecule has 1 aliphatic rings. The van der Waals surface area contributed by atoms with Crippen molar-refractivity contribution in [3.63, 3.8) is 0 Å². The molecule has 15 heavy (non-hydrogen) atoms. The van der Waals surface area contributed by atoms with Crippen LogP contribution in [0.25, 0.3) is 0 Å². The van der Waals surface area contributed by atoms with Crippen molar-refractivity contribution in [2.24, 2.45) is 5.73 Å². The number of benzene rings is 1. The first-order valence-electron chi connectivity index (χ1n) is 5.94. The lowest BCUT2D eigenvalue weighted by atomic mass is 9.99. The summed E-state index contributed by atoms with van der Waals surface area (Å²) in [4.78, 5) is 0. The van der Waals surface area contributed by atoms with E-state index in [0.29, 0.717) is 0 Å². The summed E-state index contributed by atoms with van der Waals surface area (Å²) >= 11 is 0. The van der Waals surface area contributed by atoms with E-state index in [0.717, 1.165) is 0 Å². The maximum atomic E-state index is 6.07. The van der Waals surface area contributed by atoms with Crippen molar-refractivity contribution in [1.82, 2.24) is 0 Å². The summed E-state index contributed by atoms with van der Waals surface area (Å²) < 4.78 is 0. The summed E-state index contributed by atoms with van der Waals surface area (Å²) in [6.45, 7) is 4.35. The third kappa shape index (κ3) is 2.82. The molecule has 0 heterocycles. The molecule has 0 bridgehead atoms. The van der Waals surface area contributed by atoms with Gasteiger partial charge in [0.25, 0.3) is 0 Å². The van der Waals surface area contributed by atoms with Gasteiger partial charge in [0.15, 0.2) is 0 Å². The van der Waals surface area contributed by atoms with E-state index in [1.54, 1.807) is 0 Å². The monoisotopic (exact) mass is 203 g/mol. The summed E-state index contributed by atoms with van der Waals surface area (Å²) in [5.74, 6) is 0. The van der Waals surface area contributed by atoms with Crippen LogP contribution in [0.5, 0.6) is 0 Å². The van der Waals surface area contributed by atoms with Gasteiger partial charge in [-0.2, -0.15) is 0 Å².